The molecule has 3 heteroatoms. The zero-order valence-corrected chi connectivity index (χ0v) is 16.4. The number of aliphatic carboxylic acids is 1. The van der Waals surface area contributed by atoms with Crippen LogP contribution in [0.4, 0.5) is 0 Å². The van der Waals surface area contributed by atoms with Crippen LogP contribution in [0.3, 0.4) is 0 Å². The van der Waals surface area contributed by atoms with Crippen LogP contribution >= 0.6 is 0 Å². The van der Waals surface area contributed by atoms with Crippen molar-refractivity contribution in [2.24, 2.45) is 0 Å². The lowest BCUT2D eigenvalue weighted by Crippen LogP contribution is -2.55. The van der Waals surface area contributed by atoms with E-state index in [1.54, 1.807) is 0 Å². The van der Waals surface area contributed by atoms with Crippen molar-refractivity contribution in [3.63, 3.8) is 0 Å². The highest BCUT2D eigenvalue weighted by Gasteiger charge is 2.45. The summed E-state index contributed by atoms with van der Waals surface area (Å²) in [5, 5.41) is 9.68. The van der Waals surface area contributed by atoms with Crippen LogP contribution in [-0.4, -0.2) is 41.2 Å². The first-order valence-electron chi connectivity index (χ1n) is 10.7. The summed E-state index contributed by atoms with van der Waals surface area (Å²) in [4.78, 5) is 11.7. The smallest absolute Gasteiger partial charge is 0.362 e. The summed E-state index contributed by atoms with van der Waals surface area (Å²) in [6.07, 6.45) is 17.6. The molecule has 0 spiro atoms. The zero-order valence-electron chi connectivity index (χ0n) is 16.4. The summed E-state index contributed by atoms with van der Waals surface area (Å²) in [6, 6.07) is -0.128. The van der Waals surface area contributed by atoms with Crippen molar-refractivity contribution in [2.45, 2.75) is 110 Å². The van der Waals surface area contributed by atoms with Gasteiger partial charge in [0.2, 0.25) is 0 Å². The standard InChI is InChI=1S/C21H41NO2/c1-3-5-7-9-11-13-17-22(18-14-12-10-8-6-4-2)19-15-16-20(22)21(23)24/h20H,3-19H2,1-2H3/p+1/t20-/m1/s1. The van der Waals surface area contributed by atoms with E-state index < -0.39 is 5.97 Å². The molecule has 142 valence electrons. The number of likely N-dealkylation sites (tertiary alicyclic amines) is 1. The van der Waals surface area contributed by atoms with Crippen molar-refractivity contribution in [3.05, 3.63) is 0 Å². The number of carboxylic acid groups (broad SMARTS) is 1. The fraction of sp³-hybridized carbons (Fsp3) is 0.952. The molecule has 1 aliphatic rings. The van der Waals surface area contributed by atoms with Gasteiger partial charge in [-0.15, -0.1) is 0 Å². The van der Waals surface area contributed by atoms with E-state index in [-0.39, 0.29) is 6.04 Å². The molecule has 1 heterocycles. The highest BCUT2D eigenvalue weighted by molar-refractivity contribution is 5.72. The van der Waals surface area contributed by atoms with Gasteiger partial charge in [0.25, 0.3) is 0 Å². The molecule has 1 fully saturated rings. The summed E-state index contributed by atoms with van der Waals surface area (Å²) in [5.41, 5.74) is 0. The molecule has 0 bridgehead atoms. The second-order valence-corrected chi connectivity index (χ2v) is 7.92. The highest BCUT2D eigenvalue weighted by Crippen LogP contribution is 2.29. The Hall–Kier alpha value is -0.570. The van der Waals surface area contributed by atoms with Gasteiger partial charge in [-0.2, -0.15) is 0 Å². The second-order valence-electron chi connectivity index (χ2n) is 7.92. The molecule has 1 rings (SSSR count). The molecule has 0 aliphatic carbocycles. The predicted molar refractivity (Wildman–Crippen MR) is 102 cm³/mol. The number of unbranched alkanes of at least 4 members (excludes halogenated alkanes) is 10. The van der Waals surface area contributed by atoms with Crippen molar-refractivity contribution in [1.82, 2.24) is 0 Å². The Morgan fingerprint density at radius 2 is 1.29 bits per heavy atom. The van der Waals surface area contributed by atoms with Crippen LogP contribution in [0.25, 0.3) is 0 Å². The molecule has 0 aromatic heterocycles. The van der Waals surface area contributed by atoms with Crippen LogP contribution < -0.4 is 0 Å². The van der Waals surface area contributed by atoms with E-state index in [9.17, 15) is 9.90 Å². The normalized spacial score (nSPS) is 19.7. The maximum absolute atomic E-state index is 11.7. The largest absolute Gasteiger partial charge is 0.477 e. The van der Waals surface area contributed by atoms with Crippen molar-refractivity contribution in [1.29, 1.82) is 0 Å². The number of carbonyl (C=O) groups is 1. The lowest BCUT2D eigenvalue weighted by molar-refractivity contribution is -0.932. The van der Waals surface area contributed by atoms with E-state index in [0.717, 1.165) is 37.0 Å². The van der Waals surface area contributed by atoms with Gasteiger partial charge >= 0.3 is 5.97 Å². The van der Waals surface area contributed by atoms with Crippen molar-refractivity contribution >= 4 is 5.97 Å². The molecule has 0 amide bonds. The van der Waals surface area contributed by atoms with Crippen molar-refractivity contribution in [2.75, 3.05) is 19.6 Å². The van der Waals surface area contributed by atoms with Gasteiger partial charge in [0.05, 0.1) is 19.6 Å². The molecular formula is C21H42NO2+. The summed E-state index contributed by atoms with van der Waals surface area (Å²) < 4.78 is 0.886. The fourth-order valence-corrected chi connectivity index (χ4v) is 4.45. The molecule has 3 nitrogen and oxygen atoms in total. The van der Waals surface area contributed by atoms with Crippen LogP contribution in [0.15, 0.2) is 0 Å². The molecule has 1 atom stereocenters. The number of carboxylic acids is 1. The summed E-state index contributed by atoms with van der Waals surface area (Å²) in [6.45, 7) is 7.79. The van der Waals surface area contributed by atoms with Crippen molar-refractivity contribution < 1.29 is 14.4 Å². The maximum Gasteiger partial charge on any atom is 0.362 e. The van der Waals surface area contributed by atoms with Crippen LogP contribution in [0.5, 0.6) is 0 Å². The number of hydrogen-bond acceptors (Lipinski definition) is 1. The zero-order chi connectivity index (χ0) is 17.7. The van der Waals surface area contributed by atoms with E-state index in [2.05, 4.69) is 13.8 Å². The van der Waals surface area contributed by atoms with E-state index in [0.29, 0.717) is 0 Å². The molecule has 0 radical (unpaired) electrons. The number of hydrogen-bond donors (Lipinski definition) is 1. The third kappa shape index (κ3) is 7.55. The van der Waals surface area contributed by atoms with E-state index in [1.807, 2.05) is 0 Å². The van der Waals surface area contributed by atoms with Gasteiger partial charge < -0.3 is 9.59 Å². The minimum atomic E-state index is -0.551. The highest BCUT2D eigenvalue weighted by atomic mass is 16.4. The van der Waals surface area contributed by atoms with Gasteiger partial charge in [-0.1, -0.05) is 65.2 Å². The molecule has 1 N–H and O–H groups in total. The molecule has 24 heavy (non-hydrogen) atoms. The predicted octanol–water partition coefficient (Wildman–Crippen LogP) is 5.77. The van der Waals surface area contributed by atoms with E-state index in [1.165, 1.54) is 77.0 Å². The van der Waals surface area contributed by atoms with Crippen LogP contribution in [0.1, 0.15) is 104 Å². The molecular weight excluding hydrogens is 298 g/mol. The van der Waals surface area contributed by atoms with Gasteiger partial charge in [0.15, 0.2) is 6.04 Å². The van der Waals surface area contributed by atoms with Gasteiger partial charge in [-0.3, -0.25) is 0 Å². The third-order valence-corrected chi connectivity index (χ3v) is 5.94. The Morgan fingerprint density at radius 1 is 0.833 bits per heavy atom. The van der Waals surface area contributed by atoms with Crippen LogP contribution in [-0.2, 0) is 4.79 Å². The average molecular weight is 341 g/mol. The first kappa shape index (κ1) is 21.5. The quantitative estimate of drug-likeness (QED) is 0.303. The maximum atomic E-state index is 11.7. The lowest BCUT2D eigenvalue weighted by Gasteiger charge is -2.38. The lowest BCUT2D eigenvalue weighted by atomic mass is 10.1. The van der Waals surface area contributed by atoms with Crippen molar-refractivity contribution in [3.8, 4) is 0 Å². The first-order chi connectivity index (χ1) is 11.7. The van der Waals surface area contributed by atoms with Gasteiger partial charge in [0.1, 0.15) is 0 Å². The Morgan fingerprint density at radius 3 is 1.75 bits per heavy atom. The number of quaternary nitrogens is 1. The monoisotopic (exact) mass is 340 g/mol. The minimum absolute atomic E-state index is 0.128. The average Bonchev–Trinajstić information content (AvgIpc) is 2.98. The van der Waals surface area contributed by atoms with Gasteiger partial charge in [0, 0.05) is 12.8 Å². The van der Waals surface area contributed by atoms with E-state index in [4.69, 9.17) is 0 Å². The Bertz CT molecular complexity index is 314. The molecule has 1 aliphatic heterocycles. The molecule has 0 unspecified atom stereocenters. The molecule has 0 saturated carbocycles. The first-order valence-corrected chi connectivity index (χ1v) is 10.7. The molecule has 1 saturated heterocycles. The van der Waals surface area contributed by atoms with Crippen LogP contribution in [0, 0.1) is 0 Å². The van der Waals surface area contributed by atoms with Gasteiger partial charge in [-0.25, -0.2) is 4.79 Å². The fourth-order valence-electron chi connectivity index (χ4n) is 4.45. The second kappa shape index (κ2) is 12.7. The number of nitrogens with zero attached hydrogens (tertiary/aromatic N) is 1. The Kier molecular flexibility index (Phi) is 11.4. The summed E-state index contributed by atoms with van der Waals surface area (Å²) >= 11 is 0. The van der Waals surface area contributed by atoms with Crippen LogP contribution in [0.2, 0.25) is 0 Å². The minimum Gasteiger partial charge on any atom is -0.477 e. The summed E-state index contributed by atoms with van der Waals surface area (Å²) in [5.74, 6) is -0.551. The Labute approximate surface area is 150 Å². The number of rotatable bonds is 15. The summed E-state index contributed by atoms with van der Waals surface area (Å²) in [7, 11) is 0. The molecule has 0 aromatic carbocycles. The molecule has 0 aromatic rings. The van der Waals surface area contributed by atoms with E-state index >= 15 is 0 Å². The Balaban J connectivity index is 2.40. The SMILES string of the molecule is CCCCCCCC[N+]1(CCCCCCCC)CCC[C@@H]1C(=O)O. The topological polar surface area (TPSA) is 37.3 Å². The van der Waals surface area contributed by atoms with Gasteiger partial charge in [-0.05, 0) is 25.7 Å². The third-order valence-electron chi connectivity index (χ3n) is 5.94.